The molecule has 54 heavy (non-hydrogen) atoms. The lowest BCUT2D eigenvalue weighted by Crippen LogP contribution is -2.00. The fourth-order valence-corrected chi connectivity index (χ4v) is 8.50. The van der Waals surface area contributed by atoms with Gasteiger partial charge in [0.25, 0.3) is 0 Å². The largest absolute Gasteiger partial charge is 0.456 e. The molecule has 0 unspecified atom stereocenters. The molecule has 0 saturated heterocycles. The summed E-state index contributed by atoms with van der Waals surface area (Å²) in [5.41, 5.74) is 8.84. The predicted octanol–water partition coefficient (Wildman–Crippen LogP) is 13.0. The highest BCUT2D eigenvalue weighted by Crippen LogP contribution is 2.41. The highest BCUT2D eigenvalue weighted by Gasteiger charge is 2.18. The van der Waals surface area contributed by atoms with Crippen LogP contribution in [0, 0.1) is 0 Å². The molecule has 8 aromatic carbocycles. The van der Waals surface area contributed by atoms with Crippen molar-refractivity contribution in [3.63, 3.8) is 0 Å². The van der Waals surface area contributed by atoms with Gasteiger partial charge in [0.05, 0.1) is 10.2 Å². The second-order valence-electron chi connectivity index (χ2n) is 13.5. The van der Waals surface area contributed by atoms with E-state index in [9.17, 15) is 0 Å². The molecule has 0 aliphatic heterocycles. The molecular weight excluding hydrogens is 681 g/mol. The minimum atomic E-state index is 0.636. The molecular formula is C48H28N4OS. The van der Waals surface area contributed by atoms with Crippen molar-refractivity contribution in [3.05, 3.63) is 170 Å². The van der Waals surface area contributed by atoms with E-state index in [1.54, 1.807) is 11.3 Å². The highest BCUT2D eigenvalue weighted by molar-refractivity contribution is 7.21. The Morgan fingerprint density at radius 1 is 0.389 bits per heavy atom. The van der Waals surface area contributed by atoms with Crippen LogP contribution in [0.3, 0.4) is 0 Å². The van der Waals surface area contributed by atoms with Gasteiger partial charge in [0.1, 0.15) is 16.2 Å². The number of fused-ring (bicyclic) bond motifs is 6. The second-order valence-corrected chi connectivity index (χ2v) is 14.5. The minimum Gasteiger partial charge on any atom is -0.456 e. The Bertz CT molecular complexity index is 3220. The zero-order valence-electron chi connectivity index (χ0n) is 28.8. The second kappa shape index (κ2) is 12.3. The average Bonchev–Trinajstić information content (AvgIpc) is 3.83. The van der Waals surface area contributed by atoms with Crippen molar-refractivity contribution in [2.75, 3.05) is 0 Å². The first-order chi connectivity index (χ1) is 26.7. The lowest BCUT2D eigenvalue weighted by atomic mass is 9.95. The molecule has 0 spiro atoms. The van der Waals surface area contributed by atoms with E-state index in [4.69, 9.17) is 24.4 Å². The number of hydrogen-bond donors (Lipinski definition) is 0. The molecule has 0 amide bonds. The summed E-state index contributed by atoms with van der Waals surface area (Å²) in [5, 5.41) is 7.68. The number of aromatic nitrogens is 4. The van der Waals surface area contributed by atoms with Crippen LogP contribution >= 0.6 is 11.3 Å². The first-order valence-corrected chi connectivity index (χ1v) is 18.7. The van der Waals surface area contributed by atoms with E-state index in [1.165, 1.54) is 5.39 Å². The number of furan rings is 1. The molecule has 0 bridgehead atoms. The summed E-state index contributed by atoms with van der Waals surface area (Å²) >= 11 is 1.71. The summed E-state index contributed by atoms with van der Waals surface area (Å²) in [6, 6.07) is 58.8. The standard InChI is InChI=1S/C48H28N4OS/c1-3-12-30(13-4-1)45-50-46(35-22-21-29-11-7-8-16-32(29)25-35)52-47(51-45)38-19-9-17-33-26-34(23-24-36(33)38)37-18-10-20-41-44(37)39-27-43-40(28-42(39)53-41)49-48(54-43)31-14-5-2-6-15-31/h1-28H. The van der Waals surface area contributed by atoms with E-state index >= 15 is 0 Å². The van der Waals surface area contributed by atoms with Crippen LogP contribution in [0.25, 0.3) is 110 Å². The number of hydrogen-bond acceptors (Lipinski definition) is 6. The van der Waals surface area contributed by atoms with Gasteiger partial charge in [-0.3, -0.25) is 0 Å². The van der Waals surface area contributed by atoms with Gasteiger partial charge in [-0.15, -0.1) is 11.3 Å². The third kappa shape index (κ3) is 5.15. The maximum atomic E-state index is 6.46. The molecule has 252 valence electrons. The van der Waals surface area contributed by atoms with E-state index in [2.05, 4.69) is 127 Å². The van der Waals surface area contributed by atoms with Gasteiger partial charge in [-0.1, -0.05) is 140 Å². The Labute approximate surface area is 313 Å². The lowest BCUT2D eigenvalue weighted by Gasteiger charge is -2.12. The Balaban J connectivity index is 1.05. The number of rotatable bonds is 5. The van der Waals surface area contributed by atoms with Gasteiger partial charge in [0, 0.05) is 39.1 Å². The minimum absolute atomic E-state index is 0.636. The fraction of sp³-hybridized carbons (Fsp3) is 0. The van der Waals surface area contributed by atoms with E-state index < -0.39 is 0 Å². The van der Waals surface area contributed by atoms with E-state index in [1.807, 2.05) is 42.5 Å². The smallest absolute Gasteiger partial charge is 0.164 e. The molecule has 0 aliphatic rings. The number of nitrogens with zero attached hydrogens (tertiary/aromatic N) is 4. The van der Waals surface area contributed by atoms with Crippen LogP contribution in [-0.4, -0.2) is 19.9 Å². The third-order valence-corrected chi connectivity index (χ3v) is 11.2. The zero-order chi connectivity index (χ0) is 35.6. The highest BCUT2D eigenvalue weighted by atomic mass is 32.1. The summed E-state index contributed by atoms with van der Waals surface area (Å²) in [7, 11) is 0. The zero-order valence-corrected chi connectivity index (χ0v) is 29.6. The molecule has 0 saturated carbocycles. The number of benzene rings is 8. The van der Waals surface area contributed by atoms with Crippen molar-refractivity contribution in [3.8, 4) is 55.9 Å². The van der Waals surface area contributed by atoms with Crippen molar-refractivity contribution in [2.24, 2.45) is 0 Å². The van der Waals surface area contributed by atoms with Crippen LogP contribution in [0.1, 0.15) is 0 Å². The molecule has 3 aromatic heterocycles. The fourth-order valence-electron chi connectivity index (χ4n) is 7.51. The van der Waals surface area contributed by atoms with Crippen LogP contribution < -0.4 is 0 Å². The van der Waals surface area contributed by atoms with Crippen molar-refractivity contribution in [1.82, 2.24) is 19.9 Å². The molecule has 11 rings (SSSR count). The molecule has 11 aromatic rings. The van der Waals surface area contributed by atoms with Gasteiger partial charge in [-0.25, -0.2) is 19.9 Å². The SMILES string of the molecule is c1ccc(-c2nc(-c3ccc4ccccc4c3)nc(-c3cccc4cc(-c5cccc6oc7cc8nc(-c9ccccc9)sc8cc7c56)ccc34)n2)cc1. The van der Waals surface area contributed by atoms with Gasteiger partial charge < -0.3 is 4.42 Å². The summed E-state index contributed by atoms with van der Waals surface area (Å²) in [4.78, 5) is 20.1. The molecule has 0 fully saturated rings. The van der Waals surface area contributed by atoms with Crippen LogP contribution in [0.15, 0.2) is 174 Å². The van der Waals surface area contributed by atoms with Gasteiger partial charge in [0.2, 0.25) is 0 Å². The first kappa shape index (κ1) is 30.6. The lowest BCUT2D eigenvalue weighted by molar-refractivity contribution is 0.669. The molecule has 0 radical (unpaired) electrons. The summed E-state index contributed by atoms with van der Waals surface area (Å²) in [6.07, 6.45) is 0. The average molecular weight is 709 g/mol. The number of thiazole rings is 1. The van der Waals surface area contributed by atoms with E-state index in [0.29, 0.717) is 17.5 Å². The van der Waals surface area contributed by atoms with E-state index in [-0.39, 0.29) is 0 Å². The van der Waals surface area contributed by atoms with Gasteiger partial charge >= 0.3 is 0 Å². The van der Waals surface area contributed by atoms with Crippen molar-refractivity contribution in [2.45, 2.75) is 0 Å². The Hall–Kier alpha value is -7.02. The first-order valence-electron chi connectivity index (χ1n) is 17.9. The van der Waals surface area contributed by atoms with Gasteiger partial charge in [0.15, 0.2) is 17.5 Å². The molecule has 0 atom stereocenters. The maximum Gasteiger partial charge on any atom is 0.164 e. The molecule has 0 aliphatic carbocycles. The monoisotopic (exact) mass is 708 g/mol. The predicted molar refractivity (Wildman–Crippen MR) is 222 cm³/mol. The van der Waals surface area contributed by atoms with Crippen LogP contribution in [-0.2, 0) is 0 Å². The van der Waals surface area contributed by atoms with Crippen LogP contribution in [0.4, 0.5) is 0 Å². The quantitative estimate of drug-likeness (QED) is 0.178. The van der Waals surface area contributed by atoms with Crippen molar-refractivity contribution in [1.29, 1.82) is 0 Å². The Morgan fingerprint density at radius 3 is 1.91 bits per heavy atom. The molecule has 3 heterocycles. The van der Waals surface area contributed by atoms with Crippen LogP contribution in [0.5, 0.6) is 0 Å². The van der Waals surface area contributed by atoms with Crippen molar-refractivity contribution < 1.29 is 4.42 Å². The van der Waals surface area contributed by atoms with Gasteiger partial charge in [-0.05, 0) is 56.9 Å². The van der Waals surface area contributed by atoms with Gasteiger partial charge in [-0.2, -0.15) is 0 Å². The topological polar surface area (TPSA) is 64.7 Å². The van der Waals surface area contributed by atoms with Crippen LogP contribution in [0.2, 0.25) is 0 Å². The van der Waals surface area contributed by atoms with E-state index in [0.717, 1.165) is 86.7 Å². The molecule has 0 N–H and O–H groups in total. The van der Waals surface area contributed by atoms with Crippen molar-refractivity contribution >= 4 is 65.0 Å². The normalized spacial score (nSPS) is 11.7. The maximum absolute atomic E-state index is 6.46. The summed E-state index contributed by atoms with van der Waals surface area (Å²) in [6.45, 7) is 0. The third-order valence-electron chi connectivity index (χ3n) is 10.1. The molecule has 6 heteroatoms. The summed E-state index contributed by atoms with van der Waals surface area (Å²) < 4.78 is 7.60. The summed E-state index contributed by atoms with van der Waals surface area (Å²) in [5.74, 6) is 1.92. The Kier molecular flexibility index (Phi) is 6.97. The Morgan fingerprint density at radius 2 is 1.06 bits per heavy atom. The molecule has 5 nitrogen and oxygen atoms in total.